The summed E-state index contributed by atoms with van der Waals surface area (Å²) in [5.41, 5.74) is 6.71. The monoisotopic (exact) mass is 325 g/mol. The first-order valence-corrected chi connectivity index (χ1v) is 6.97. The van der Waals surface area contributed by atoms with E-state index in [0.717, 1.165) is 5.56 Å². The van der Waals surface area contributed by atoms with Gasteiger partial charge in [0.15, 0.2) is 0 Å². The van der Waals surface area contributed by atoms with E-state index in [0.29, 0.717) is 23.6 Å². The van der Waals surface area contributed by atoms with E-state index in [1.165, 1.54) is 0 Å². The van der Waals surface area contributed by atoms with Gasteiger partial charge in [-0.15, -0.1) is 0 Å². The fourth-order valence-corrected chi connectivity index (χ4v) is 1.95. The summed E-state index contributed by atoms with van der Waals surface area (Å²) in [6, 6.07) is 5.42. The molecule has 1 aromatic carbocycles. The van der Waals surface area contributed by atoms with Crippen LogP contribution in [0, 0.1) is 0 Å². The normalized spacial score (nSPS) is 13.2. The van der Waals surface area contributed by atoms with Gasteiger partial charge in [0.25, 0.3) is 0 Å². The molecule has 0 aliphatic carbocycles. The van der Waals surface area contributed by atoms with Gasteiger partial charge in [-0.3, -0.25) is 0 Å². The van der Waals surface area contributed by atoms with Gasteiger partial charge >= 0.3 is 6.18 Å². The lowest BCUT2D eigenvalue weighted by Crippen LogP contribution is -2.18. The Hall–Kier alpha value is -0.980. The van der Waals surface area contributed by atoms with E-state index in [1.54, 1.807) is 12.1 Å². The second-order valence-electron chi connectivity index (χ2n) is 4.82. The number of halogens is 4. The van der Waals surface area contributed by atoms with Gasteiger partial charge < -0.3 is 15.2 Å². The zero-order chi connectivity index (χ0) is 15.9. The zero-order valence-corrected chi connectivity index (χ0v) is 12.5. The van der Waals surface area contributed by atoms with Gasteiger partial charge in [0.2, 0.25) is 0 Å². The van der Waals surface area contributed by atoms with Crippen molar-refractivity contribution in [1.29, 1.82) is 0 Å². The lowest BCUT2D eigenvalue weighted by molar-refractivity contribution is -0.174. The Morgan fingerprint density at radius 1 is 1.29 bits per heavy atom. The van der Waals surface area contributed by atoms with Crippen molar-refractivity contribution >= 4 is 11.6 Å². The SMILES string of the molecule is CC(N)Cc1ccc(OCCCOCC(F)(F)F)c(Cl)c1. The quantitative estimate of drug-likeness (QED) is 0.743. The van der Waals surface area contributed by atoms with E-state index in [9.17, 15) is 13.2 Å². The van der Waals surface area contributed by atoms with Gasteiger partial charge in [0.1, 0.15) is 12.4 Å². The van der Waals surface area contributed by atoms with Crippen LogP contribution in [0.2, 0.25) is 5.02 Å². The summed E-state index contributed by atoms with van der Waals surface area (Å²) in [5, 5.41) is 0.462. The molecule has 1 atom stereocenters. The molecule has 7 heteroatoms. The molecule has 1 aromatic rings. The van der Waals surface area contributed by atoms with Crippen molar-refractivity contribution in [2.24, 2.45) is 5.73 Å². The minimum atomic E-state index is -4.29. The molecule has 21 heavy (non-hydrogen) atoms. The van der Waals surface area contributed by atoms with Crippen molar-refractivity contribution in [2.45, 2.75) is 32.0 Å². The Balaban J connectivity index is 2.29. The van der Waals surface area contributed by atoms with Crippen LogP contribution in [0.15, 0.2) is 18.2 Å². The number of alkyl halides is 3. The van der Waals surface area contributed by atoms with Crippen LogP contribution in [0.1, 0.15) is 18.9 Å². The van der Waals surface area contributed by atoms with E-state index in [4.69, 9.17) is 22.1 Å². The summed E-state index contributed by atoms with van der Waals surface area (Å²) in [6.07, 6.45) is -3.22. The number of hydrogen-bond donors (Lipinski definition) is 1. The fourth-order valence-electron chi connectivity index (χ4n) is 1.69. The van der Waals surface area contributed by atoms with Crippen molar-refractivity contribution < 1.29 is 22.6 Å². The van der Waals surface area contributed by atoms with Gasteiger partial charge in [-0.1, -0.05) is 17.7 Å². The lowest BCUT2D eigenvalue weighted by atomic mass is 10.1. The molecule has 0 amide bonds. The highest BCUT2D eigenvalue weighted by Gasteiger charge is 2.27. The Morgan fingerprint density at radius 2 is 2.00 bits per heavy atom. The Labute approximate surface area is 127 Å². The number of ether oxygens (including phenoxy) is 2. The number of hydrogen-bond acceptors (Lipinski definition) is 3. The van der Waals surface area contributed by atoms with Crippen LogP contribution >= 0.6 is 11.6 Å². The summed E-state index contributed by atoms with van der Waals surface area (Å²) < 4.78 is 45.4. The van der Waals surface area contributed by atoms with Crippen molar-refractivity contribution in [1.82, 2.24) is 0 Å². The molecule has 0 aliphatic rings. The highest BCUT2D eigenvalue weighted by Crippen LogP contribution is 2.26. The minimum absolute atomic E-state index is 0.0140. The molecule has 0 saturated heterocycles. The highest BCUT2D eigenvalue weighted by atomic mass is 35.5. The maximum atomic E-state index is 11.8. The topological polar surface area (TPSA) is 44.5 Å². The van der Waals surface area contributed by atoms with Gasteiger partial charge in [-0.25, -0.2) is 0 Å². The molecule has 2 N–H and O–H groups in total. The van der Waals surface area contributed by atoms with Crippen molar-refractivity contribution in [3.8, 4) is 5.75 Å². The first kappa shape index (κ1) is 18.1. The van der Waals surface area contributed by atoms with Crippen molar-refractivity contribution in [2.75, 3.05) is 19.8 Å². The number of rotatable bonds is 8. The Kier molecular flexibility index (Phi) is 7.28. The zero-order valence-electron chi connectivity index (χ0n) is 11.8. The largest absolute Gasteiger partial charge is 0.492 e. The molecule has 1 rings (SSSR count). The van der Waals surface area contributed by atoms with E-state index in [1.807, 2.05) is 13.0 Å². The van der Waals surface area contributed by atoms with E-state index in [2.05, 4.69) is 4.74 Å². The molecular weight excluding hydrogens is 307 g/mol. The minimum Gasteiger partial charge on any atom is -0.492 e. The third-order valence-corrected chi connectivity index (χ3v) is 2.81. The maximum Gasteiger partial charge on any atom is 0.411 e. The van der Waals surface area contributed by atoms with Crippen LogP contribution < -0.4 is 10.5 Å². The van der Waals surface area contributed by atoms with Crippen LogP contribution in [0.4, 0.5) is 13.2 Å². The second kappa shape index (κ2) is 8.46. The molecule has 0 radical (unpaired) electrons. The van der Waals surface area contributed by atoms with E-state index in [-0.39, 0.29) is 19.3 Å². The standard InChI is InChI=1S/C14H19ClF3NO2/c1-10(19)7-11-3-4-13(12(15)8-11)21-6-2-5-20-9-14(16,17)18/h3-4,8,10H,2,5-7,9,19H2,1H3. The molecular formula is C14H19ClF3NO2. The summed E-state index contributed by atoms with van der Waals surface area (Å²) in [7, 11) is 0. The molecule has 0 fully saturated rings. The Bertz CT molecular complexity index is 439. The molecule has 0 aromatic heterocycles. The maximum absolute atomic E-state index is 11.8. The molecule has 1 unspecified atom stereocenters. The molecule has 0 bridgehead atoms. The summed E-state index contributed by atoms with van der Waals surface area (Å²) in [5.74, 6) is 0.501. The molecule has 0 aliphatic heterocycles. The predicted octanol–water partition coefficient (Wildman–Crippen LogP) is 3.58. The first-order chi connectivity index (χ1) is 9.78. The highest BCUT2D eigenvalue weighted by molar-refractivity contribution is 6.32. The lowest BCUT2D eigenvalue weighted by Gasteiger charge is -2.11. The fraction of sp³-hybridized carbons (Fsp3) is 0.571. The first-order valence-electron chi connectivity index (χ1n) is 6.59. The van der Waals surface area contributed by atoms with E-state index >= 15 is 0 Å². The molecule has 0 spiro atoms. The summed E-state index contributed by atoms with van der Waals surface area (Å²) in [6.45, 7) is 0.892. The third-order valence-electron chi connectivity index (χ3n) is 2.51. The third kappa shape index (κ3) is 8.14. The summed E-state index contributed by atoms with van der Waals surface area (Å²) in [4.78, 5) is 0. The van der Waals surface area contributed by atoms with Crippen LogP contribution in [-0.4, -0.2) is 32.0 Å². The molecule has 0 heterocycles. The Morgan fingerprint density at radius 3 is 2.57 bits per heavy atom. The van der Waals surface area contributed by atoms with Gasteiger partial charge in [-0.05, 0) is 31.0 Å². The van der Waals surface area contributed by atoms with Crippen LogP contribution in [0.5, 0.6) is 5.75 Å². The molecule has 0 saturated carbocycles. The smallest absolute Gasteiger partial charge is 0.411 e. The molecule has 3 nitrogen and oxygen atoms in total. The van der Waals surface area contributed by atoms with Gasteiger partial charge in [-0.2, -0.15) is 13.2 Å². The average Bonchev–Trinajstić information content (AvgIpc) is 2.33. The van der Waals surface area contributed by atoms with Crippen LogP contribution in [-0.2, 0) is 11.2 Å². The predicted molar refractivity (Wildman–Crippen MR) is 75.8 cm³/mol. The number of benzene rings is 1. The second-order valence-corrected chi connectivity index (χ2v) is 5.22. The van der Waals surface area contributed by atoms with E-state index < -0.39 is 12.8 Å². The van der Waals surface area contributed by atoms with Gasteiger partial charge in [0.05, 0.1) is 18.2 Å². The van der Waals surface area contributed by atoms with Crippen molar-refractivity contribution in [3.05, 3.63) is 28.8 Å². The van der Waals surface area contributed by atoms with Crippen molar-refractivity contribution in [3.63, 3.8) is 0 Å². The number of nitrogens with two attached hydrogens (primary N) is 1. The van der Waals surface area contributed by atoms with Crippen LogP contribution in [0.3, 0.4) is 0 Å². The van der Waals surface area contributed by atoms with Crippen LogP contribution in [0.25, 0.3) is 0 Å². The average molecular weight is 326 g/mol. The molecule has 120 valence electrons. The summed E-state index contributed by atoms with van der Waals surface area (Å²) >= 11 is 6.07. The van der Waals surface area contributed by atoms with Gasteiger partial charge in [0, 0.05) is 12.5 Å².